The van der Waals surface area contributed by atoms with Gasteiger partial charge in [-0.15, -0.1) is 0 Å². The number of anilines is 1. The Morgan fingerprint density at radius 1 is 1.20 bits per heavy atom. The molecule has 0 radical (unpaired) electrons. The lowest BCUT2D eigenvalue weighted by Gasteiger charge is -2.23. The van der Waals surface area contributed by atoms with Crippen molar-refractivity contribution in [2.45, 2.75) is 44.9 Å². The van der Waals surface area contributed by atoms with Gasteiger partial charge in [-0.3, -0.25) is 0 Å². The SMILES string of the molecule is CCCc1cc(N)nc(C2CCc3ccccc3C2)n1. The molecular formula is C17H21N3. The molecular weight excluding hydrogens is 246 g/mol. The largest absolute Gasteiger partial charge is 0.384 e. The highest BCUT2D eigenvalue weighted by Gasteiger charge is 2.22. The average molecular weight is 267 g/mol. The Hall–Kier alpha value is -1.90. The molecule has 0 saturated carbocycles. The third-order valence-electron chi connectivity index (χ3n) is 4.03. The Morgan fingerprint density at radius 2 is 2.00 bits per heavy atom. The smallest absolute Gasteiger partial charge is 0.134 e. The van der Waals surface area contributed by atoms with Gasteiger partial charge in [0.2, 0.25) is 0 Å². The summed E-state index contributed by atoms with van der Waals surface area (Å²) in [6, 6.07) is 10.6. The molecule has 2 N–H and O–H groups in total. The molecule has 104 valence electrons. The van der Waals surface area contributed by atoms with E-state index in [2.05, 4.69) is 36.2 Å². The van der Waals surface area contributed by atoms with E-state index < -0.39 is 0 Å². The number of rotatable bonds is 3. The van der Waals surface area contributed by atoms with E-state index in [1.807, 2.05) is 6.07 Å². The molecule has 3 nitrogen and oxygen atoms in total. The van der Waals surface area contributed by atoms with Crippen LogP contribution in [0.15, 0.2) is 30.3 Å². The normalized spacial score (nSPS) is 17.8. The molecule has 1 aromatic carbocycles. The van der Waals surface area contributed by atoms with Crippen LogP contribution in [0.4, 0.5) is 5.82 Å². The summed E-state index contributed by atoms with van der Waals surface area (Å²) in [6.45, 7) is 2.16. The fourth-order valence-electron chi connectivity index (χ4n) is 3.02. The maximum atomic E-state index is 5.94. The second kappa shape index (κ2) is 5.61. The van der Waals surface area contributed by atoms with Crippen molar-refractivity contribution in [1.82, 2.24) is 9.97 Å². The number of aromatic nitrogens is 2. The van der Waals surface area contributed by atoms with Crippen LogP contribution in [-0.2, 0) is 19.3 Å². The lowest BCUT2D eigenvalue weighted by molar-refractivity contribution is 0.552. The van der Waals surface area contributed by atoms with E-state index in [4.69, 9.17) is 10.7 Å². The summed E-state index contributed by atoms with van der Waals surface area (Å²) in [5.41, 5.74) is 9.93. The summed E-state index contributed by atoms with van der Waals surface area (Å²) in [5, 5.41) is 0. The highest BCUT2D eigenvalue weighted by molar-refractivity contribution is 5.34. The maximum absolute atomic E-state index is 5.94. The molecule has 0 fully saturated rings. The van der Waals surface area contributed by atoms with E-state index in [1.165, 1.54) is 11.1 Å². The Morgan fingerprint density at radius 3 is 2.80 bits per heavy atom. The van der Waals surface area contributed by atoms with Crippen LogP contribution < -0.4 is 5.73 Å². The summed E-state index contributed by atoms with van der Waals surface area (Å²) in [7, 11) is 0. The molecule has 2 aromatic rings. The number of nitrogen functional groups attached to an aromatic ring is 1. The fraction of sp³-hybridized carbons (Fsp3) is 0.412. The zero-order valence-electron chi connectivity index (χ0n) is 12.0. The minimum atomic E-state index is 0.406. The third kappa shape index (κ3) is 2.67. The summed E-state index contributed by atoms with van der Waals surface area (Å²) in [6.07, 6.45) is 5.33. The van der Waals surface area contributed by atoms with Crippen LogP contribution >= 0.6 is 0 Å². The van der Waals surface area contributed by atoms with Crippen molar-refractivity contribution >= 4 is 5.82 Å². The Bertz CT molecular complexity index is 607. The van der Waals surface area contributed by atoms with E-state index >= 15 is 0 Å². The van der Waals surface area contributed by atoms with Crippen LogP contribution in [0.1, 0.15) is 48.3 Å². The molecule has 1 aliphatic rings. The van der Waals surface area contributed by atoms with Gasteiger partial charge in [0.25, 0.3) is 0 Å². The van der Waals surface area contributed by atoms with Crippen LogP contribution in [0, 0.1) is 0 Å². The zero-order chi connectivity index (χ0) is 13.9. The molecule has 0 spiro atoms. The van der Waals surface area contributed by atoms with Crippen molar-refractivity contribution in [3.63, 3.8) is 0 Å². The quantitative estimate of drug-likeness (QED) is 0.928. The predicted octanol–water partition coefficient (Wildman–Crippen LogP) is 3.28. The Balaban J connectivity index is 1.87. The van der Waals surface area contributed by atoms with Crippen molar-refractivity contribution < 1.29 is 0 Å². The molecule has 0 bridgehead atoms. The maximum Gasteiger partial charge on any atom is 0.134 e. The highest BCUT2D eigenvalue weighted by Crippen LogP contribution is 2.31. The lowest BCUT2D eigenvalue weighted by Crippen LogP contribution is -2.16. The summed E-state index contributed by atoms with van der Waals surface area (Å²) >= 11 is 0. The van der Waals surface area contributed by atoms with Crippen molar-refractivity contribution in [3.05, 3.63) is 53.0 Å². The van der Waals surface area contributed by atoms with Gasteiger partial charge in [-0.2, -0.15) is 0 Å². The molecule has 3 heteroatoms. The van der Waals surface area contributed by atoms with Gasteiger partial charge in [0.1, 0.15) is 11.6 Å². The van der Waals surface area contributed by atoms with Gasteiger partial charge in [-0.1, -0.05) is 37.6 Å². The van der Waals surface area contributed by atoms with E-state index in [0.717, 1.165) is 43.6 Å². The Labute approximate surface area is 120 Å². The van der Waals surface area contributed by atoms with Gasteiger partial charge in [-0.25, -0.2) is 9.97 Å². The van der Waals surface area contributed by atoms with Gasteiger partial charge < -0.3 is 5.73 Å². The third-order valence-corrected chi connectivity index (χ3v) is 4.03. The first-order chi connectivity index (χ1) is 9.76. The van der Waals surface area contributed by atoms with Gasteiger partial charge >= 0.3 is 0 Å². The zero-order valence-corrected chi connectivity index (χ0v) is 12.0. The van der Waals surface area contributed by atoms with Crippen LogP contribution in [0.25, 0.3) is 0 Å². The number of hydrogen-bond acceptors (Lipinski definition) is 3. The fourth-order valence-corrected chi connectivity index (χ4v) is 3.02. The molecule has 1 unspecified atom stereocenters. The summed E-state index contributed by atoms with van der Waals surface area (Å²) in [5.74, 6) is 1.95. The average Bonchev–Trinajstić information content (AvgIpc) is 2.46. The first kappa shape index (κ1) is 13.1. The predicted molar refractivity (Wildman–Crippen MR) is 81.6 cm³/mol. The minimum absolute atomic E-state index is 0.406. The molecule has 1 atom stereocenters. The van der Waals surface area contributed by atoms with E-state index in [0.29, 0.717) is 11.7 Å². The number of nitrogens with two attached hydrogens (primary N) is 1. The summed E-state index contributed by atoms with van der Waals surface area (Å²) in [4.78, 5) is 9.21. The number of nitrogens with zero attached hydrogens (tertiary/aromatic N) is 2. The summed E-state index contributed by atoms with van der Waals surface area (Å²) < 4.78 is 0. The van der Waals surface area contributed by atoms with Gasteiger partial charge in [0.05, 0.1) is 0 Å². The van der Waals surface area contributed by atoms with Crippen molar-refractivity contribution in [3.8, 4) is 0 Å². The van der Waals surface area contributed by atoms with Crippen LogP contribution in [0.3, 0.4) is 0 Å². The molecule has 1 heterocycles. The number of fused-ring (bicyclic) bond motifs is 1. The van der Waals surface area contributed by atoms with Gasteiger partial charge in [0.15, 0.2) is 0 Å². The van der Waals surface area contributed by atoms with Gasteiger partial charge in [-0.05, 0) is 36.8 Å². The standard InChI is InChI=1S/C17H21N3/c1-2-5-15-11-16(18)20-17(19-15)14-9-8-12-6-3-4-7-13(12)10-14/h3-4,6-7,11,14H,2,5,8-10H2,1H3,(H2,18,19,20). The molecule has 0 aliphatic heterocycles. The van der Waals surface area contributed by atoms with E-state index in [1.54, 1.807) is 0 Å². The molecule has 20 heavy (non-hydrogen) atoms. The van der Waals surface area contributed by atoms with Crippen molar-refractivity contribution in [1.29, 1.82) is 0 Å². The molecule has 3 rings (SSSR count). The van der Waals surface area contributed by atoms with Gasteiger partial charge in [0, 0.05) is 17.7 Å². The first-order valence-electron chi connectivity index (χ1n) is 7.46. The van der Waals surface area contributed by atoms with Crippen LogP contribution in [0.2, 0.25) is 0 Å². The lowest BCUT2D eigenvalue weighted by atomic mass is 9.83. The molecule has 0 saturated heterocycles. The number of aryl methyl sites for hydroxylation is 2. The van der Waals surface area contributed by atoms with Crippen LogP contribution in [-0.4, -0.2) is 9.97 Å². The first-order valence-corrected chi connectivity index (χ1v) is 7.46. The molecule has 1 aliphatic carbocycles. The molecule has 1 aromatic heterocycles. The van der Waals surface area contributed by atoms with Crippen molar-refractivity contribution in [2.75, 3.05) is 5.73 Å². The second-order valence-electron chi connectivity index (χ2n) is 5.60. The van der Waals surface area contributed by atoms with E-state index in [-0.39, 0.29) is 0 Å². The second-order valence-corrected chi connectivity index (χ2v) is 5.60. The number of benzene rings is 1. The Kier molecular flexibility index (Phi) is 3.68. The molecule has 0 amide bonds. The van der Waals surface area contributed by atoms with E-state index in [9.17, 15) is 0 Å². The minimum Gasteiger partial charge on any atom is -0.384 e. The topological polar surface area (TPSA) is 51.8 Å². The van der Waals surface area contributed by atoms with Crippen molar-refractivity contribution in [2.24, 2.45) is 0 Å². The highest BCUT2D eigenvalue weighted by atomic mass is 15.0. The van der Waals surface area contributed by atoms with Crippen LogP contribution in [0.5, 0.6) is 0 Å². The number of hydrogen-bond donors (Lipinski definition) is 1. The monoisotopic (exact) mass is 267 g/mol.